The molecule has 2 atom stereocenters. The van der Waals surface area contributed by atoms with Crippen LogP contribution in [0, 0.1) is 5.82 Å². The Morgan fingerprint density at radius 3 is 2.43 bits per heavy atom. The number of para-hydroxylation sites is 1. The molecule has 5 nitrogen and oxygen atoms in total. The Kier molecular flexibility index (Phi) is 6.81. The average molecular weight is 433 g/mol. The normalized spacial score (nSPS) is 15.7. The zero-order valence-electron chi connectivity index (χ0n) is 17.7. The molecule has 2 aromatic carbocycles. The van der Waals surface area contributed by atoms with Crippen LogP contribution in [0.4, 0.5) is 10.1 Å². The Balaban J connectivity index is 1.85. The SMILES string of the molecule is CC[C@H](C(=O)N[C@@H](C)c1ccc2c(c1)CCCC2)N(c1ccccc1F)S(C)(=O)=O. The number of carbonyl (C=O) groups is 1. The number of aryl methyl sites for hydroxylation is 2. The van der Waals surface area contributed by atoms with Crippen molar-refractivity contribution < 1.29 is 17.6 Å². The summed E-state index contributed by atoms with van der Waals surface area (Å²) >= 11 is 0. The quantitative estimate of drug-likeness (QED) is 0.716. The highest BCUT2D eigenvalue weighted by Gasteiger charge is 2.33. The maximum Gasteiger partial charge on any atom is 0.244 e. The van der Waals surface area contributed by atoms with Gasteiger partial charge in [-0.05, 0) is 67.9 Å². The third-order valence-corrected chi connectivity index (χ3v) is 6.82. The minimum absolute atomic E-state index is 0.122. The number of hydrogen-bond donors (Lipinski definition) is 1. The Bertz CT molecular complexity index is 1020. The zero-order chi connectivity index (χ0) is 21.9. The van der Waals surface area contributed by atoms with Crippen LogP contribution in [0.1, 0.15) is 55.8 Å². The summed E-state index contributed by atoms with van der Waals surface area (Å²) in [5, 5.41) is 2.93. The van der Waals surface area contributed by atoms with E-state index < -0.39 is 27.8 Å². The fourth-order valence-corrected chi connectivity index (χ4v) is 5.29. The molecule has 162 valence electrons. The summed E-state index contributed by atoms with van der Waals surface area (Å²) in [6.07, 6.45) is 5.69. The van der Waals surface area contributed by atoms with Gasteiger partial charge < -0.3 is 5.32 Å². The Hall–Kier alpha value is -2.41. The number of benzene rings is 2. The molecule has 1 aliphatic carbocycles. The molecule has 0 bridgehead atoms. The van der Waals surface area contributed by atoms with E-state index in [9.17, 15) is 17.6 Å². The predicted molar refractivity (Wildman–Crippen MR) is 117 cm³/mol. The van der Waals surface area contributed by atoms with Gasteiger partial charge in [-0.3, -0.25) is 9.10 Å². The number of amides is 1. The van der Waals surface area contributed by atoms with Crippen molar-refractivity contribution in [3.05, 3.63) is 65.0 Å². The van der Waals surface area contributed by atoms with E-state index in [1.54, 1.807) is 13.0 Å². The molecule has 2 aromatic rings. The van der Waals surface area contributed by atoms with Crippen LogP contribution in [0.2, 0.25) is 0 Å². The van der Waals surface area contributed by atoms with E-state index in [1.807, 2.05) is 13.0 Å². The summed E-state index contributed by atoms with van der Waals surface area (Å²) in [5.74, 6) is -1.13. The molecule has 1 aliphatic rings. The van der Waals surface area contributed by atoms with Crippen LogP contribution in [0.5, 0.6) is 0 Å². The molecule has 0 aromatic heterocycles. The van der Waals surface area contributed by atoms with Crippen LogP contribution in [0.25, 0.3) is 0 Å². The number of fused-ring (bicyclic) bond motifs is 1. The number of hydrogen-bond acceptors (Lipinski definition) is 3. The van der Waals surface area contributed by atoms with Crippen LogP contribution in [0.15, 0.2) is 42.5 Å². The second-order valence-corrected chi connectivity index (χ2v) is 9.76. The number of anilines is 1. The molecule has 7 heteroatoms. The number of sulfonamides is 1. The fourth-order valence-electron chi connectivity index (χ4n) is 4.08. The average Bonchev–Trinajstić information content (AvgIpc) is 2.71. The first-order valence-electron chi connectivity index (χ1n) is 10.4. The molecule has 0 spiro atoms. The van der Waals surface area contributed by atoms with Crippen molar-refractivity contribution in [1.82, 2.24) is 5.32 Å². The molecule has 3 rings (SSSR count). The van der Waals surface area contributed by atoms with Gasteiger partial charge >= 0.3 is 0 Å². The van der Waals surface area contributed by atoms with Gasteiger partial charge in [-0.2, -0.15) is 0 Å². The number of nitrogens with zero attached hydrogens (tertiary/aromatic N) is 1. The van der Waals surface area contributed by atoms with E-state index in [-0.39, 0.29) is 18.2 Å². The van der Waals surface area contributed by atoms with Gasteiger partial charge in [0, 0.05) is 0 Å². The van der Waals surface area contributed by atoms with Gasteiger partial charge in [0.1, 0.15) is 11.9 Å². The van der Waals surface area contributed by atoms with E-state index in [1.165, 1.54) is 42.2 Å². The molecular weight excluding hydrogens is 403 g/mol. The minimum atomic E-state index is -3.88. The van der Waals surface area contributed by atoms with Crippen LogP contribution in [-0.4, -0.2) is 26.6 Å². The summed E-state index contributed by atoms with van der Waals surface area (Å²) in [5.41, 5.74) is 3.54. The first-order valence-corrected chi connectivity index (χ1v) is 12.2. The van der Waals surface area contributed by atoms with E-state index in [4.69, 9.17) is 0 Å². The van der Waals surface area contributed by atoms with E-state index in [0.717, 1.165) is 29.0 Å². The smallest absolute Gasteiger partial charge is 0.244 e. The Morgan fingerprint density at radius 1 is 1.13 bits per heavy atom. The molecule has 0 radical (unpaired) electrons. The zero-order valence-corrected chi connectivity index (χ0v) is 18.5. The largest absolute Gasteiger partial charge is 0.348 e. The van der Waals surface area contributed by atoms with Gasteiger partial charge in [-0.1, -0.05) is 37.3 Å². The van der Waals surface area contributed by atoms with Crippen LogP contribution < -0.4 is 9.62 Å². The molecular formula is C23H29FN2O3S. The van der Waals surface area contributed by atoms with E-state index in [2.05, 4.69) is 17.4 Å². The Morgan fingerprint density at radius 2 is 1.80 bits per heavy atom. The van der Waals surface area contributed by atoms with Crippen molar-refractivity contribution >= 4 is 21.6 Å². The summed E-state index contributed by atoms with van der Waals surface area (Å²) in [7, 11) is -3.88. The number of halogens is 1. The second kappa shape index (κ2) is 9.16. The molecule has 0 saturated carbocycles. The minimum Gasteiger partial charge on any atom is -0.348 e. The second-order valence-electron chi connectivity index (χ2n) is 7.90. The topological polar surface area (TPSA) is 66.5 Å². The van der Waals surface area contributed by atoms with E-state index >= 15 is 0 Å². The van der Waals surface area contributed by atoms with Crippen LogP contribution in [-0.2, 0) is 27.7 Å². The number of carbonyl (C=O) groups excluding carboxylic acids is 1. The molecule has 0 saturated heterocycles. The summed E-state index contributed by atoms with van der Waals surface area (Å²) in [6.45, 7) is 3.59. The van der Waals surface area contributed by atoms with Crippen molar-refractivity contribution in [1.29, 1.82) is 0 Å². The standard InChI is InChI=1S/C23H29FN2O3S/c1-4-21(26(30(3,28)29)22-12-8-7-11-20(22)24)23(27)25-16(2)18-14-13-17-9-5-6-10-19(17)15-18/h7-8,11-16,21H,4-6,9-10H2,1-3H3,(H,25,27)/t16-,21+/m0/s1. The lowest BCUT2D eigenvalue weighted by atomic mass is 9.89. The van der Waals surface area contributed by atoms with E-state index in [0.29, 0.717) is 0 Å². The number of nitrogens with one attached hydrogen (secondary N) is 1. The predicted octanol–water partition coefficient (Wildman–Crippen LogP) is 4.13. The first-order chi connectivity index (χ1) is 14.2. The first kappa shape index (κ1) is 22.3. The molecule has 0 heterocycles. The van der Waals surface area contributed by atoms with Crippen molar-refractivity contribution in [2.45, 2.75) is 58.0 Å². The fraction of sp³-hybridized carbons (Fsp3) is 0.435. The lowest BCUT2D eigenvalue weighted by molar-refractivity contribution is -0.122. The maximum atomic E-state index is 14.4. The summed E-state index contributed by atoms with van der Waals surface area (Å²) < 4.78 is 40.2. The van der Waals surface area contributed by atoms with Gasteiger partial charge in [0.2, 0.25) is 15.9 Å². The summed E-state index contributed by atoms with van der Waals surface area (Å²) in [4.78, 5) is 13.1. The molecule has 0 fully saturated rings. The van der Waals surface area contributed by atoms with Crippen LogP contribution >= 0.6 is 0 Å². The highest BCUT2D eigenvalue weighted by Crippen LogP contribution is 2.27. The van der Waals surface area contributed by atoms with Crippen molar-refractivity contribution in [2.24, 2.45) is 0 Å². The summed E-state index contributed by atoms with van der Waals surface area (Å²) in [6, 6.07) is 10.5. The molecule has 1 N–H and O–H groups in total. The Labute approximate surface area is 178 Å². The van der Waals surface area contributed by atoms with Gasteiger partial charge in [0.25, 0.3) is 0 Å². The highest BCUT2D eigenvalue weighted by atomic mass is 32.2. The van der Waals surface area contributed by atoms with Crippen LogP contribution in [0.3, 0.4) is 0 Å². The van der Waals surface area contributed by atoms with Gasteiger partial charge in [-0.15, -0.1) is 0 Å². The maximum absolute atomic E-state index is 14.4. The van der Waals surface area contributed by atoms with Gasteiger partial charge in [-0.25, -0.2) is 12.8 Å². The molecule has 0 aliphatic heterocycles. The van der Waals surface area contributed by atoms with Crippen molar-refractivity contribution in [2.75, 3.05) is 10.6 Å². The molecule has 30 heavy (non-hydrogen) atoms. The lowest BCUT2D eigenvalue weighted by Crippen LogP contribution is -2.50. The van der Waals surface area contributed by atoms with Gasteiger partial charge in [0.05, 0.1) is 18.0 Å². The third kappa shape index (κ3) is 4.83. The van der Waals surface area contributed by atoms with Crippen molar-refractivity contribution in [3.63, 3.8) is 0 Å². The molecule has 1 amide bonds. The highest BCUT2D eigenvalue weighted by molar-refractivity contribution is 7.92. The monoisotopic (exact) mass is 432 g/mol. The molecule has 0 unspecified atom stereocenters. The number of rotatable bonds is 7. The lowest BCUT2D eigenvalue weighted by Gasteiger charge is -2.31. The van der Waals surface area contributed by atoms with Crippen molar-refractivity contribution in [3.8, 4) is 0 Å². The third-order valence-electron chi connectivity index (χ3n) is 5.65. The van der Waals surface area contributed by atoms with Gasteiger partial charge in [0.15, 0.2) is 0 Å².